The normalized spacial score (nSPS) is 11.7. The largest absolute Gasteiger partial charge is 0.455 e. The Morgan fingerprint density at radius 3 is 1.63 bits per heavy atom. The van der Waals surface area contributed by atoms with Crippen LogP contribution in [0.3, 0.4) is 0 Å². The highest BCUT2D eigenvalue weighted by atomic mass is 16.3. The van der Waals surface area contributed by atoms with Crippen molar-refractivity contribution in [3.8, 4) is 62.1 Å². The number of furan rings is 1. The maximum Gasteiger partial charge on any atom is 0.164 e. The lowest BCUT2D eigenvalue weighted by Crippen LogP contribution is -2.01. The number of hydrogen-bond donors (Lipinski definition) is 0. The standard InChI is InChI=1S/C55H34N4O/c1-3-15-35(16-4-1)53-56-54(36-17-5-2-6-18-36)58-55(57-53)41-23-12-24-42(32-41)59-49-34-38-20-8-7-19-37(38)33-48(49)46-28-13-26-43(51(46)59)39-21-11-22-40(31-39)44-27-14-29-47-45-25-9-10-30-50(45)60-52(44)47/h1-34H. The summed E-state index contributed by atoms with van der Waals surface area (Å²) in [5.74, 6) is 1.88. The average molecular weight is 767 g/mol. The van der Waals surface area contributed by atoms with Gasteiger partial charge in [-0.25, -0.2) is 15.0 Å². The van der Waals surface area contributed by atoms with Gasteiger partial charge in [-0.05, 0) is 58.3 Å². The Kier molecular flexibility index (Phi) is 7.78. The number of hydrogen-bond acceptors (Lipinski definition) is 4. The molecule has 0 aliphatic carbocycles. The summed E-state index contributed by atoms with van der Waals surface area (Å²) < 4.78 is 8.92. The van der Waals surface area contributed by atoms with Crippen LogP contribution in [0.1, 0.15) is 0 Å². The number of nitrogens with zero attached hydrogens (tertiary/aromatic N) is 4. The third kappa shape index (κ3) is 5.59. The number of para-hydroxylation sites is 3. The van der Waals surface area contributed by atoms with Crippen molar-refractivity contribution in [2.45, 2.75) is 0 Å². The second kappa shape index (κ2) is 13.8. The van der Waals surface area contributed by atoms with E-state index in [0.717, 1.165) is 77.6 Å². The third-order valence-corrected chi connectivity index (χ3v) is 11.6. The zero-order valence-electron chi connectivity index (χ0n) is 32.3. The molecule has 3 heterocycles. The summed E-state index contributed by atoms with van der Waals surface area (Å²) in [7, 11) is 0. The van der Waals surface area contributed by atoms with Gasteiger partial charge in [0, 0.05) is 55.0 Å². The van der Waals surface area contributed by atoms with Crippen molar-refractivity contribution >= 4 is 54.5 Å². The third-order valence-electron chi connectivity index (χ3n) is 11.6. The van der Waals surface area contributed by atoms with Crippen molar-refractivity contribution in [3.63, 3.8) is 0 Å². The number of rotatable bonds is 6. The van der Waals surface area contributed by atoms with Crippen LogP contribution in [0.15, 0.2) is 211 Å². The van der Waals surface area contributed by atoms with E-state index in [2.05, 4.69) is 138 Å². The van der Waals surface area contributed by atoms with Gasteiger partial charge >= 0.3 is 0 Å². The molecule has 9 aromatic carbocycles. The van der Waals surface area contributed by atoms with Crippen LogP contribution in [0.4, 0.5) is 0 Å². The van der Waals surface area contributed by atoms with E-state index < -0.39 is 0 Å². The molecule has 5 heteroatoms. The van der Waals surface area contributed by atoms with E-state index in [1.54, 1.807) is 0 Å². The van der Waals surface area contributed by atoms with Gasteiger partial charge in [-0.2, -0.15) is 0 Å². The summed E-state index contributed by atoms with van der Waals surface area (Å²) in [6.07, 6.45) is 0. The van der Waals surface area contributed by atoms with Gasteiger partial charge in [-0.3, -0.25) is 0 Å². The van der Waals surface area contributed by atoms with Crippen LogP contribution in [-0.2, 0) is 0 Å². The first-order chi connectivity index (χ1) is 29.7. The van der Waals surface area contributed by atoms with Crippen LogP contribution in [0, 0.1) is 0 Å². The van der Waals surface area contributed by atoms with Crippen LogP contribution in [0.25, 0.3) is 117 Å². The SMILES string of the molecule is c1ccc(-c2nc(-c3ccccc3)nc(-c3cccc(-n4c5cc6ccccc6cc5c5cccc(-c6cccc(-c7cccc8c7oc7ccccc78)c6)c54)c3)n2)cc1. The van der Waals surface area contributed by atoms with E-state index in [9.17, 15) is 0 Å². The molecular weight excluding hydrogens is 733 g/mol. The highest BCUT2D eigenvalue weighted by Crippen LogP contribution is 2.42. The first-order valence-corrected chi connectivity index (χ1v) is 20.2. The molecule has 3 aromatic heterocycles. The molecule has 12 rings (SSSR count). The molecule has 0 saturated carbocycles. The van der Waals surface area contributed by atoms with Crippen LogP contribution >= 0.6 is 0 Å². The summed E-state index contributed by atoms with van der Waals surface area (Å²) in [6, 6.07) is 72.3. The lowest BCUT2D eigenvalue weighted by molar-refractivity contribution is 0.670. The molecule has 12 aromatic rings. The molecule has 0 aliphatic heterocycles. The van der Waals surface area contributed by atoms with E-state index >= 15 is 0 Å². The van der Waals surface area contributed by atoms with Gasteiger partial charge in [0.25, 0.3) is 0 Å². The lowest BCUT2D eigenvalue weighted by atomic mass is 9.96. The van der Waals surface area contributed by atoms with Crippen molar-refractivity contribution in [3.05, 3.63) is 206 Å². The number of aromatic nitrogens is 4. The quantitative estimate of drug-likeness (QED) is 0.169. The van der Waals surface area contributed by atoms with Gasteiger partial charge in [0.05, 0.1) is 11.0 Å². The molecule has 0 bridgehead atoms. The lowest BCUT2D eigenvalue weighted by Gasteiger charge is -2.14. The van der Waals surface area contributed by atoms with Gasteiger partial charge in [0.1, 0.15) is 11.2 Å². The van der Waals surface area contributed by atoms with Crippen molar-refractivity contribution in [2.75, 3.05) is 0 Å². The molecule has 0 radical (unpaired) electrons. The molecular formula is C55H34N4O. The summed E-state index contributed by atoms with van der Waals surface area (Å²) in [5, 5.41) is 7.01. The minimum absolute atomic E-state index is 0.614. The van der Waals surface area contributed by atoms with E-state index in [-0.39, 0.29) is 0 Å². The molecule has 0 spiro atoms. The number of benzene rings is 9. The maximum atomic E-state index is 6.50. The van der Waals surface area contributed by atoms with E-state index in [1.807, 2.05) is 72.8 Å². The Labute approximate surface area is 345 Å². The first-order valence-electron chi connectivity index (χ1n) is 20.2. The molecule has 0 saturated heterocycles. The second-order valence-electron chi connectivity index (χ2n) is 15.2. The van der Waals surface area contributed by atoms with Crippen LogP contribution in [0.5, 0.6) is 0 Å². The molecule has 0 N–H and O–H groups in total. The highest BCUT2D eigenvalue weighted by Gasteiger charge is 2.20. The van der Waals surface area contributed by atoms with Crippen molar-refractivity contribution in [1.82, 2.24) is 19.5 Å². The molecule has 0 fully saturated rings. The maximum absolute atomic E-state index is 6.50. The molecule has 60 heavy (non-hydrogen) atoms. The molecule has 280 valence electrons. The Hall–Kier alpha value is -8.15. The fourth-order valence-electron chi connectivity index (χ4n) is 8.80. The summed E-state index contributed by atoms with van der Waals surface area (Å²) in [6.45, 7) is 0. The van der Waals surface area contributed by atoms with Gasteiger partial charge in [-0.15, -0.1) is 0 Å². The topological polar surface area (TPSA) is 56.7 Å². The first kappa shape index (κ1) is 33.9. The van der Waals surface area contributed by atoms with Crippen molar-refractivity contribution in [2.24, 2.45) is 0 Å². The Balaban J connectivity index is 1.08. The predicted molar refractivity (Wildman–Crippen MR) is 246 cm³/mol. The predicted octanol–water partition coefficient (Wildman–Crippen LogP) is 14.4. The molecule has 0 aliphatic rings. The van der Waals surface area contributed by atoms with Crippen LogP contribution in [0.2, 0.25) is 0 Å². The fraction of sp³-hybridized carbons (Fsp3) is 0. The summed E-state index contributed by atoms with van der Waals surface area (Å²) >= 11 is 0. The Morgan fingerprint density at radius 2 is 0.883 bits per heavy atom. The van der Waals surface area contributed by atoms with E-state index in [1.165, 1.54) is 21.5 Å². The highest BCUT2D eigenvalue weighted by molar-refractivity contribution is 6.17. The van der Waals surface area contributed by atoms with Crippen molar-refractivity contribution in [1.29, 1.82) is 0 Å². The second-order valence-corrected chi connectivity index (χ2v) is 15.2. The Morgan fingerprint density at radius 1 is 0.350 bits per heavy atom. The number of fused-ring (bicyclic) bond motifs is 7. The minimum Gasteiger partial charge on any atom is -0.455 e. The van der Waals surface area contributed by atoms with Gasteiger partial charge < -0.3 is 8.98 Å². The Bertz CT molecular complexity index is 3550. The van der Waals surface area contributed by atoms with E-state index in [0.29, 0.717) is 17.5 Å². The van der Waals surface area contributed by atoms with Crippen LogP contribution in [-0.4, -0.2) is 19.5 Å². The summed E-state index contributed by atoms with van der Waals surface area (Å²) in [4.78, 5) is 15.1. The fourth-order valence-corrected chi connectivity index (χ4v) is 8.80. The zero-order valence-corrected chi connectivity index (χ0v) is 32.3. The summed E-state index contributed by atoms with van der Waals surface area (Å²) in [5.41, 5.74) is 12.3. The monoisotopic (exact) mass is 766 g/mol. The van der Waals surface area contributed by atoms with Gasteiger partial charge in [0.2, 0.25) is 0 Å². The molecule has 0 amide bonds. The minimum atomic E-state index is 0.614. The smallest absolute Gasteiger partial charge is 0.164 e. The van der Waals surface area contributed by atoms with Crippen LogP contribution < -0.4 is 0 Å². The van der Waals surface area contributed by atoms with Gasteiger partial charge in [-0.1, -0.05) is 170 Å². The van der Waals surface area contributed by atoms with Crippen molar-refractivity contribution < 1.29 is 4.42 Å². The average Bonchev–Trinajstić information content (AvgIpc) is 3.87. The zero-order chi connectivity index (χ0) is 39.6. The molecule has 0 atom stereocenters. The molecule has 5 nitrogen and oxygen atoms in total. The molecule has 0 unspecified atom stereocenters. The van der Waals surface area contributed by atoms with Gasteiger partial charge in [0.15, 0.2) is 17.5 Å². The van der Waals surface area contributed by atoms with E-state index in [4.69, 9.17) is 19.4 Å².